The Morgan fingerprint density at radius 2 is 1.73 bits per heavy atom. The third-order valence-electron chi connectivity index (χ3n) is 5.74. The standard InChI is InChI=1S/C22H28F4N4O2S/c1-13(2)17-11-20(22(24,25)26)28-21(27-17)30-9-8-29(12-18(30)14(3)4)15-6-7-16(23)19(10-15)33(5,31)32/h6-7,10-11,13-14,18H,8-9,12H2,1-5H3/t18-/m0/s1. The predicted molar refractivity (Wildman–Crippen MR) is 119 cm³/mol. The van der Waals surface area contributed by atoms with Crippen molar-refractivity contribution in [3.05, 3.63) is 41.5 Å². The molecule has 2 heterocycles. The molecule has 0 bridgehead atoms. The molecule has 0 unspecified atom stereocenters. The molecule has 1 aliphatic heterocycles. The summed E-state index contributed by atoms with van der Waals surface area (Å²) in [5.41, 5.74) is -0.124. The van der Waals surface area contributed by atoms with E-state index < -0.39 is 27.5 Å². The maximum absolute atomic E-state index is 14.0. The van der Waals surface area contributed by atoms with Crippen LogP contribution in [0.1, 0.15) is 45.0 Å². The van der Waals surface area contributed by atoms with E-state index in [2.05, 4.69) is 9.97 Å². The molecule has 0 saturated carbocycles. The highest BCUT2D eigenvalue weighted by Crippen LogP contribution is 2.33. The Hall–Kier alpha value is -2.43. The molecule has 1 atom stereocenters. The van der Waals surface area contributed by atoms with Crippen LogP contribution >= 0.6 is 0 Å². The number of benzene rings is 1. The van der Waals surface area contributed by atoms with E-state index in [1.807, 2.05) is 18.7 Å². The second kappa shape index (κ2) is 9.08. The highest BCUT2D eigenvalue weighted by Gasteiger charge is 2.37. The molecular formula is C22H28F4N4O2S. The number of halogens is 4. The number of nitrogens with zero attached hydrogens (tertiary/aromatic N) is 4. The number of hydrogen-bond donors (Lipinski definition) is 0. The minimum absolute atomic E-state index is 0.0304. The fourth-order valence-electron chi connectivity index (χ4n) is 3.86. The summed E-state index contributed by atoms with van der Waals surface area (Å²) in [6.07, 6.45) is -3.64. The SMILES string of the molecule is CC(C)c1cc(C(F)(F)F)nc(N2CCN(c3ccc(F)c(S(C)(=O)=O)c3)C[C@H]2C(C)C)n1. The number of hydrogen-bond acceptors (Lipinski definition) is 6. The van der Waals surface area contributed by atoms with Crippen LogP contribution in [0.3, 0.4) is 0 Å². The van der Waals surface area contributed by atoms with Gasteiger partial charge in [-0.1, -0.05) is 27.7 Å². The molecule has 1 fully saturated rings. The lowest BCUT2D eigenvalue weighted by molar-refractivity contribution is -0.141. The van der Waals surface area contributed by atoms with Gasteiger partial charge in [-0.25, -0.2) is 22.8 Å². The summed E-state index contributed by atoms with van der Waals surface area (Å²) in [6, 6.07) is 4.67. The van der Waals surface area contributed by atoms with Gasteiger partial charge in [0, 0.05) is 37.3 Å². The molecule has 6 nitrogen and oxygen atoms in total. The van der Waals surface area contributed by atoms with Gasteiger partial charge >= 0.3 is 6.18 Å². The maximum atomic E-state index is 14.0. The van der Waals surface area contributed by atoms with Gasteiger partial charge in [-0.3, -0.25) is 0 Å². The Kier molecular flexibility index (Phi) is 6.93. The molecule has 0 radical (unpaired) electrons. The summed E-state index contributed by atoms with van der Waals surface area (Å²) in [6.45, 7) is 8.55. The largest absolute Gasteiger partial charge is 0.433 e. The zero-order valence-corrected chi connectivity index (χ0v) is 20.0. The van der Waals surface area contributed by atoms with E-state index in [0.29, 0.717) is 31.0 Å². The molecule has 0 amide bonds. The second-order valence-electron chi connectivity index (χ2n) is 8.97. The van der Waals surface area contributed by atoms with Crippen molar-refractivity contribution in [1.82, 2.24) is 9.97 Å². The Balaban J connectivity index is 1.97. The zero-order chi connectivity index (χ0) is 24.7. The molecule has 0 N–H and O–H groups in total. The van der Waals surface area contributed by atoms with Gasteiger partial charge in [0.15, 0.2) is 9.84 Å². The fraction of sp³-hybridized carbons (Fsp3) is 0.545. The van der Waals surface area contributed by atoms with E-state index in [-0.39, 0.29) is 28.7 Å². The van der Waals surface area contributed by atoms with Crippen LogP contribution in [0.2, 0.25) is 0 Å². The molecule has 0 aliphatic carbocycles. The van der Waals surface area contributed by atoms with Crippen molar-refractivity contribution >= 4 is 21.5 Å². The lowest BCUT2D eigenvalue weighted by Gasteiger charge is -2.44. The highest BCUT2D eigenvalue weighted by molar-refractivity contribution is 7.90. The smallest absolute Gasteiger partial charge is 0.368 e. The molecule has 2 aromatic rings. The van der Waals surface area contributed by atoms with E-state index in [1.165, 1.54) is 12.1 Å². The number of anilines is 2. The zero-order valence-electron chi connectivity index (χ0n) is 19.2. The van der Waals surface area contributed by atoms with Crippen LogP contribution in [-0.2, 0) is 16.0 Å². The van der Waals surface area contributed by atoms with Crippen LogP contribution in [0.15, 0.2) is 29.2 Å². The minimum atomic E-state index is -4.59. The van der Waals surface area contributed by atoms with Gasteiger partial charge in [0.25, 0.3) is 0 Å². The monoisotopic (exact) mass is 488 g/mol. The fourth-order valence-corrected chi connectivity index (χ4v) is 4.62. The third kappa shape index (κ3) is 5.56. The second-order valence-corrected chi connectivity index (χ2v) is 11.0. The number of aromatic nitrogens is 2. The first-order valence-corrected chi connectivity index (χ1v) is 12.5. The van der Waals surface area contributed by atoms with Crippen LogP contribution < -0.4 is 9.80 Å². The van der Waals surface area contributed by atoms with Gasteiger partial charge in [-0.15, -0.1) is 0 Å². The Morgan fingerprint density at radius 3 is 2.27 bits per heavy atom. The van der Waals surface area contributed by atoms with Crippen LogP contribution in [0.5, 0.6) is 0 Å². The summed E-state index contributed by atoms with van der Waals surface area (Å²) in [7, 11) is -3.75. The van der Waals surface area contributed by atoms with E-state index in [4.69, 9.17) is 0 Å². The first-order chi connectivity index (χ1) is 15.2. The molecule has 11 heteroatoms. The van der Waals surface area contributed by atoms with Crippen LogP contribution in [0, 0.1) is 11.7 Å². The van der Waals surface area contributed by atoms with Crippen molar-refractivity contribution in [2.45, 2.75) is 50.7 Å². The topological polar surface area (TPSA) is 66.4 Å². The molecule has 3 rings (SSSR count). The molecule has 0 spiro atoms. The summed E-state index contributed by atoms with van der Waals surface area (Å²) in [4.78, 5) is 11.6. The van der Waals surface area contributed by atoms with Gasteiger partial charge in [-0.05, 0) is 36.1 Å². The molecule has 1 aromatic carbocycles. The first kappa shape index (κ1) is 25.2. The summed E-state index contributed by atoms with van der Waals surface area (Å²) < 4.78 is 78.4. The normalized spacial score (nSPS) is 17.8. The molecular weight excluding hydrogens is 460 g/mol. The third-order valence-corrected chi connectivity index (χ3v) is 6.85. The summed E-state index contributed by atoms with van der Waals surface area (Å²) in [5.74, 6) is -0.967. The van der Waals surface area contributed by atoms with Gasteiger partial charge in [0.2, 0.25) is 5.95 Å². The maximum Gasteiger partial charge on any atom is 0.433 e. The van der Waals surface area contributed by atoms with Gasteiger partial charge < -0.3 is 9.80 Å². The van der Waals surface area contributed by atoms with Crippen molar-refractivity contribution in [2.24, 2.45) is 5.92 Å². The highest BCUT2D eigenvalue weighted by atomic mass is 32.2. The van der Waals surface area contributed by atoms with Crippen molar-refractivity contribution in [3.8, 4) is 0 Å². The number of alkyl halides is 3. The van der Waals surface area contributed by atoms with Gasteiger partial charge in [0.1, 0.15) is 16.4 Å². The van der Waals surface area contributed by atoms with Gasteiger partial charge in [0.05, 0.1) is 6.04 Å². The Morgan fingerprint density at radius 1 is 1.06 bits per heavy atom. The van der Waals surface area contributed by atoms with E-state index in [0.717, 1.165) is 18.4 Å². The Labute approximate surface area is 191 Å². The minimum Gasteiger partial charge on any atom is -0.368 e. The van der Waals surface area contributed by atoms with Crippen LogP contribution in [-0.4, -0.2) is 50.3 Å². The van der Waals surface area contributed by atoms with Crippen molar-refractivity contribution in [1.29, 1.82) is 0 Å². The van der Waals surface area contributed by atoms with Crippen LogP contribution in [0.4, 0.5) is 29.2 Å². The summed E-state index contributed by atoms with van der Waals surface area (Å²) in [5, 5.41) is 0. The predicted octanol–water partition coefficient (Wildman–Crippen LogP) is 4.51. The molecule has 1 saturated heterocycles. The van der Waals surface area contributed by atoms with E-state index >= 15 is 0 Å². The van der Waals surface area contributed by atoms with Crippen molar-refractivity contribution in [2.75, 3.05) is 35.7 Å². The average Bonchev–Trinajstić information content (AvgIpc) is 2.71. The van der Waals surface area contributed by atoms with Crippen molar-refractivity contribution in [3.63, 3.8) is 0 Å². The van der Waals surface area contributed by atoms with E-state index in [9.17, 15) is 26.0 Å². The molecule has 182 valence electrons. The summed E-state index contributed by atoms with van der Waals surface area (Å²) >= 11 is 0. The van der Waals surface area contributed by atoms with E-state index in [1.54, 1.807) is 18.7 Å². The number of rotatable bonds is 5. The number of piperazine rings is 1. The molecule has 1 aromatic heterocycles. The quantitative estimate of drug-likeness (QED) is 0.577. The lowest BCUT2D eigenvalue weighted by atomic mass is 9.99. The number of sulfone groups is 1. The van der Waals surface area contributed by atoms with Crippen molar-refractivity contribution < 1.29 is 26.0 Å². The van der Waals surface area contributed by atoms with Gasteiger partial charge in [-0.2, -0.15) is 13.2 Å². The average molecular weight is 489 g/mol. The van der Waals surface area contributed by atoms with Crippen LogP contribution in [0.25, 0.3) is 0 Å². The Bertz CT molecular complexity index is 1120. The molecule has 33 heavy (non-hydrogen) atoms. The first-order valence-electron chi connectivity index (χ1n) is 10.7. The molecule has 1 aliphatic rings. The lowest BCUT2D eigenvalue weighted by Crippen LogP contribution is -2.56.